The first-order valence-corrected chi connectivity index (χ1v) is 9.83. The maximum atomic E-state index is 14.1. The number of imidazole rings is 1. The Morgan fingerprint density at radius 2 is 2.14 bits per heavy atom. The number of hydrogen-bond donors (Lipinski definition) is 0. The number of hydrogen-bond acceptors (Lipinski definition) is 5. The Morgan fingerprint density at radius 1 is 1.28 bits per heavy atom. The lowest BCUT2D eigenvalue weighted by Crippen LogP contribution is -2.39. The largest absolute Gasteiger partial charge is 0.355 e. The van der Waals surface area contributed by atoms with Crippen molar-refractivity contribution in [1.82, 2.24) is 28.9 Å². The number of rotatable bonds is 3. The third kappa shape index (κ3) is 2.40. The molecule has 1 aromatic carbocycles. The fourth-order valence-electron chi connectivity index (χ4n) is 4.34. The Balaban J connectivity index is 1.69. The van der Waals surface area contributed by atoms with Gasteiger partial charge in [-0.1, -0.05) is 5.21 Å². The first kappa shape index (κ1) is 16.8. The van der Waals surface area contributed by atoms with Gasteiger partial charge < -0.3 is 4.74 Å². The van der Waals surface area contributed by atoms with Gasteiger partial charge in [-0.05, 0) is 50.8 Å². The number of ether oxygens (including phenoxy) is 1. The third-order valence-corrected chi connectivity index (χ3v) is 5.99. The third-order valence-electron chi connectivity index (χ3n) is 5.99. The molecule has 1 atom stereocenters. The Morgan fingerprint density at radius 3 is 2.90 bits per heavy atom. The summed E-state index contributed by atoms with van der Waals surface area (Å²) in [5, 5.41) is 8.44. The monoisotopic (exact) mass is 394 g/mol. The van der Waals surface area contributed by atoms with E-state index in [0.717, 1.165) is 25.0 Å². The van der Waals surface area contributed by atoms with Crippen LogP contribution in [0.15, 0.2) is 35.5 Å². The van der Waals surface area contributed by atoms with Crippen LogP contribution in [-0.4, -0.2) is 35.6 Å². The summed E-state index contributed by atoms with van der Waals surface area (Å²) in [6.07, 6.45) is 7.15. The summed E-state index contributed by atoms with van der Waals surface area (Å²) in [7, 11) is 0. The summed E-state index contributed by atoms with van der Waals surface area (Å²) in [6.45, 7) is 2.43. The van der Waals surface area contributed by atoms with Crippen LogP contribution in [0.2, 0.25) is 0 Å². The summed E-state index contributed by atoms with van der Waals surface area (Å²) in [6, 6.07) is 4.42. The second-order valence-corrected chi connectivity index (χ2v) is 8.05. The van der Waals surface area contributed by atoms with Gasteiger partial charge in [-0.3, -0.25) is 13.8 Å². The van der Waals surface area contributed by atoms with E-state index in [1.165, 1.54) is 12.1 Å². The minimum atomic E-state index is -0.839. The summed E-state index contributed by atoms with van der Waals surface area (Å²) in [5.41, 5.74) is 1.32. The standard InChI is InChI=1S/C20H19FN6O2/c1-20(7-2-8-29-20)27-16-9-13(21)5-6-15(16)25-11-22-18(17(25)19(27)28)26-10-14(23-24-26)12-3-4-12/h5-6,9-12H,2-4,7-8H2,1H3. The van der Waals surface area contributed by atoms with Gasteiger partial charge in [0.2, 0.25) is 0 Å². The van der Waals surface area contributed by atoms with Gasteiger partial charge in [-0.15, -0.1) is 5.10 Å². The van der Waals surface area contributed by atoms with Crippen LogP contribution in [-0.2, 0) is 10.5 Å². The molecule has 6 rings (SSSR count). The van der Waals surface area contributed by atoms with Gasteiger partial charge in [0, 0.05) is 12.5 Å². The lowest BCUT2D eigenvalue weighted by atomic mass is 10.1. The molecule has 4 heterocycles. The molecule has 0 bridgehead atoms. The van der Waals surface area contributed by atoms with Crippen molar-refractivity contribution in [1.29, 1.82) is 0 Å². The Bertz CT molecular complexity index is 1330. The van der Waals surface area contributed by atoms with Crippen LogP contribution in [0.3, 0.4) is 0 Å². The molecule has 2 fully saturated rings. The molecule has 1 saturated heterocycles. The topological polar surface area (TPSA) is 79.2 Å². The summed E-state index contributed by atoms with van der Waals surface area (Å²) in [4.78, 5) is 18.2. The van der Waals surface area contributed by atoms with Crippen LogP contribution in [0.4, 0.5) is 4.39 Å². The van der Waals surface area contributed by atoms with Gasteiger partial charge >= 0.3 is 0 Å². The molecular weight excluding hydrogens is 375 g/mol. The van der Waals surface area contributed by atoms with E-state index in [4.69, 9.17) is 4.74 Å². The first-order chi connectivity index (χ1) is 14.0. The predicted molar refractivity (Wildman–Crippen MR) is 103 cm³/mol. The quantitative estimate of drug-likeness (QED) is 0.534. The second-order valence-electron chi connectivity index (χ2n) is 8.05. The molecule has 0 N–H and O–H groups in total. The molecule has 1 aliphatic heterocycles. The normalized spacial score (nSPS) is 22.1. The highest BCUT2D eigenvalue weighted by Gasteiger charge is 2.36. The van der Waals surface area contributed by atoms with E-state index >= 15 is 0 Å². The zero-order chi connectivity index (χ0) is 19.8. The molecule has 0 spiro atoms. The van der Waals surface area contributed by atoms with Crippen LogP contribution in [0.1, 0.15) is 44.2 Å². The maximum absolute atomic E-state index is 14.1. The van der Waals surface area contributed by atoms with Gasteiger partial charge in [0.15, 0.2) is 11.3 Å². The van der Waals surface area contributed by atoms with Crippen molar-refractivity contribution < 1.29 is 9.13 Å². The zero-order valence-corrected chi connectivity index (χ0v) is 15.9. The average molecular weight is 394 g/mol. The molecule has 29 heavy (non-hydrogen) atoms. The van der Waals surface area contributed by atoms with Crippen molar-refractivity contribution in [3.8, 4) is 5.82 Å². The molecule has 0 amide bonds. The van der Waals surface area contributed by atoms with Crippen molar-refractivity contribution in [2.45, 2.75) is 44.2 Å². The molecule has 3 aromatic heterocycles. The Hall–Kier alpha value is -3.07. The summed E-state index contributed by atoms with van der Waals surface area (Å²) < 4.78 is 24.9. The highest BCUT2D eigenvalue weighted by atomic mass is 19.1. The molecule has 9 heteroatoms. The van der Waals surface area contributed by atoms with Gasteiger partial charge in [0.25, 0.3) is 5.56 Å². The number of nitrogens with zero attached hydrogens (tertiary/aromatic N) is 6. The van der Waals surface area contributed by atoms with Crippen LogP contribution >= 0.6 is 0 Å². The van der Waals surface area contributed by atoms with E-state index in [1.54, 1.807) is 26.0 Å². The van der Waals surface area contributed by atoms with E-state index in [0.29, 0.717) is 41.3 Å². The number of aromatic nitrogens is 6. The average Bonchev–Trinajstić information content (AvgIpc) is 3.08. The molecule has 1 saturated carbocycles. The smallest absolute Gasteiger partial charge is 0.281 e. The molecule has 4 aromatic rings. The van der Waals surface area contributed by atoms with Crippen molar-refractivity contribution in [2.75, 3.05) is 6.61 Å². The van der Waals surface area contributed by atoms with Crippen molar-refractivity contribution >= 4 is 16.6 Å². The Kier molecular flexibility index (Phi) is 3.33. The Labute approximate surface area is 164 Å². The minimum absolute atomic E-state index is 0.288. The van der Waals surface area contributed by atoms with Crippen LogP contribution < -0.4 is 5.56 Å². The van der Waals surface area contributed by atoms with Crippen LogP contribution in [0.5, 0.6) is 0 Å². The van der Waals surface area contributed by atoms with E-state index in [1.807, 2.05) is 13.1 Å². The second kappa shape index (κ2) is 5.73. The summed E-state index contributed by atoms with van der Waals surface area (Å²) >= 11 is 0. The molecule has 1 aliphatic carbocycles. The highest BCUT2D eigenvalue weighted by Crippen LogP contribution is 2.39. The van der Waals surface area contributed by atoms with Crippen LogP contribution in [0, 0.1) is 5.82 Å². The zero-order valence-electron chi connectivity index (χ0n) is 15.9. The van der Waals surface area contributed by atoms with Crippen LogP contribution in [0.25, 0.3) is 22.4 Å². The molecular formula is C20H19FN6O2. The van der Waals surface area contributed by atoms with Gasteiger partial charge in [0.05, 0.1) is 22.9 Å². The van der Waals surface area contributed by atoms with E-state index < -0.39 is 11.5 Å². The maximum Gasteiger partial charge on any atom is 0.281 e. The predicted octanol–water partition coefficient (Wildman–Crippen LogP) is 2.73. The fraction of sp³-hybridized carbons (Fsp3) is 0.400. The molecule has 8 nitrogen and oxygen atoms in total. The van der Waals surface area contributed by atoms with E-state index in [2.05, 4.69) is 15.3 Å². The molecule has 2 aliphatic rings. The summed E-state index contributed by atoms with van der Waals surface area (Å²) in [5.74, 6) is 0.456. The number of halogens is 1. The van der Waals surface area contributed by atoms with Gasteiger partial charge in [-0.2, -0.15) is 4.68 Å². The van der Waals surface area contributed by atoms with Gasteiger partial charge in [0.1, 0.15) is 17.9 Å². The van der Waals surface area contributed by atoms with Crippen molar-refractivity contribution in [3.63, 3.8) is 0 Å². The number of benzene rings is 1. The van der Waals surface area contributed by atoms with Crippen molar-refractivity contribution in [2.24, 2.45) is 0 Å². The van der Waals surface area contributed by atoms with E-state index in [9.17, 15) is 9.18 Å². The molecule has 1 unspecified atom stereocenters. The minimum Gasteiger partial charge on any atom is -0.355 e. The number of fused-ring (bicyclic) bond motifs is 3. The lowest BCUT2D eigenvalue weighted by molar-refractivity contribution is -0.0448. The molecule has 0 radical (unpaired) electrons. The molecule has 148 valence electrons. The van der Waals surface area contributed by atoms with Gasteiger partial charge in [-0.25, -0.2) is 9.37 Å². The van der Waals surface area contributed by atoms with Crippen molar-refractivity contribution in [3.05, 3.63) is 52.6 Å². The lowest BCUT2D eigenvalue weighted by Gasteiger charge is -2.28. The van der Waals surface area contributed by atoms with E-state index in [-0.39, 0.29) is 5.56 Å². The fourth-order valence-corrected chi connectivity index (χ4v) is 4.34. The first-order valence-electron chi connectivity index (χ1n) is 9.83. The highest BCUT2D eigenvalue weighted by molar-refractivity contribution is 5.81. The SMILES string of the molecule is CC1(n2c(=O)c3c(-n4cc(C5CC5)nn4)ncn3c3ccc(F)cc32)CCCO1.